The smallest absolute Gasteiger partial charge is 0.189 e. The van der Waals surface area contributed by atoms with Gasteiger partial charge in [0.15, 0.2) is 6.79 Å². The van der Waals surface area contributed by atoms with Gasteiger partial charge in [0.2, 0.25) is 0 Å². The molecule has 1 aromatic rings. The zero-order valence-electron chi connectivity index (χ0n) is 10.5. The number of rotatable bonds is 6. The molecule has 1 rings (SSSR count). The van der Waals surface area contributed by atoms with E-state index in [0.717, 1.165) is 16.2 Å². The summed E-state index contributed by atoms with van der Waals surface area (Å²) in [5, 5.41) is 9.38. The van der Waals surface area contributed by atoms with Gasteiger partial charge in [0.05, 0.1) is 0 Å². The van der Waals surface area contributed by atoms with Gasteiger partial charge in [-0.2, -0.15) is 0 Å². The molecule has 0 spiro atoms. The van der Waals surface area contributed by atoms with E-state index in [1.807, 2.05) is 6.07 Å². The lowest BCUT2D eigenvalue weighted by molar-refractivity contribution is 0.0219. The molecule has 0 aliphatic carbocycles. The summed E-state index contributed by atoms with van der Waals surface area (Å²) in [6.07, 6.45) is 0. The third-order valence-corrected chi connectivity index (χ3v) is 4.49. The molecule has 3 nitrogen and oxygen atoms in total. The summed E-state index contributed by atoms with van der Waals surface area (Å²) in [7, 11) is -1.03. The Morgan fingerprint density at radius 1 is 1.24 bits per heavy atom. The van der Waals surface area contributed by atoms with Crippen molar-refractivity contribution in [3.05, 3.63) is 21.8 Å². The maximum Gasteiger partial charge on any atom is 0.189 e. The molecule has 0 unspecified atom stereocenters. The van der Waals surface area contributed by atoms with Gasteiger partial charge >= 0.3 is 0 Å². The molecule has 0 aromatic heterocycles. The summed E-state index contributed by atoms with van der Waals surface area (Å²) in [6, 6.07) is 6.26. The standard InChI is InChI=1S/C12H19IO3Si/c1-17(2,3)5-4-15-9-16-12-7-10(13)6-11(14)8-12/h6-8,14H,4-5,9H2,1-3H3. The fraction of sp³-hybridized carbons (Fsp3) is 0.500. The maximum absolute atomic E-state index is 9.38. The van der Waals surface area contributed by atoms with Gasteiger partial charge in [-0.3, -0.25) is 0 Å². The highest BCUT2D eigenvalue weighted by atomic mass is 127. The summed E-state index contributed by atoms with van der Waals surface area (Å²) in [6.45, 7) is 7.92. The minimum absolute atomic E-state index is 0.217. The van der Waals surface area contributed by atoms with Crippen molar-refractivity contribution in [1.29, 1.82) is 0 Å². The lowest BCUT2D eigenvalue weighted by atomic mass is 10.3. The number of halogens is 1. The molecule has 0 aliphatic heterocycles. The van der Waals surface area contributed by atoms with Crippen LogP contribution in [0.5, 0.6) is 11.5 Å². The molecule has 0 heterocycles. The quantitative estimate of drug-likeness (QED) is 0.361. The number of aromatic hydroxyl groups is 1. The molecule has 1 aromatic carbocycles. The Morgan fingerprint density at radius 2 is 1.94 bits per heavy atom. The van der Waals surface area contributed by atoms with Crippen LogP contribution >= 0.6 is 22.6 Å². The van der Waals surface area contributed by atoms with Crippen LogP contribution < -0.4 is 4.74 Å². The third-order valence-electron chi connectivity index (χ3n) is 2.16. The summed E-state index contributed by atoms with van der Waals surface area (Å²) in [5.41, 5.74) is 0. The van der Waals surface area contributed by atoms with E-state index in [1.165, 1.54) is 0 Å². The Labute approximate surface area is 117 Å². The van der Waals surface area contributed by atoms with Crippen molar-refractivity contribution in [3.63, 3.8) is 0 Å². The van der Waals surface area contributed by atoms with Gasteiger partial charge < -0.3 is 14.6 Å². The van der Waals surface area contributed by atoms with Gasteiger partial charge in [-0.15, -0.1) is 0 Å². The molecule has 0 bridgehead atoms. The SMILES string of the molecule is C[Si](C)(C)CCOCOc1cc(O)cc(I)c1. The first kappa shape index (κ1) is 14.8. The van der Waals surface area contributed by atoms with Crippen molar-refractivity contribution >= 4 is 30.7 Å². The normalized spacial score (nSPS) is 11.5. The molecule has 5 heteroatoms. The minimum atomic E-state index is -1.03. The van der Waals surface area contributed by atoms with Crippen LogP contribution in [0.3, 0.4) is 0 Å². The average Bonchev–Trinajstić information content (AvgIpc) is 2.13. The van der Waals surface area contributed by atoms with Crippen LogP contribution in [0.1, 0.15) is 0 Å². The van der Waals surface area contributed by atoms with E-state index in [2.05, 4.69) is 42.2 Å². The second-order valence-corrected chi connectivity index (χ2v) is 12.0. The predicted octanol–water partition coefficient (Wildman–Crippen LogP) is 3.69. The van der Waals surface area contributed by atoms with Crippen molar-refractivity contribution in [2.75, 3.05) is 13.4 Å². The van der Waals surface area contributed by atoms with Crippen LogP contribution in [0.4, 0.5) is 0 Å². The lowest BCUT2D eigenvalue weighted by Crippen LogP contribution is -2.22. The Balaban J connectivity index is 2.27. The highest BCUT2D eigenvalue weighted by Crippen LogP contribution is 2.22. The van der Waals surface area contributed by atoms with Crippen molar-refractivity contribution in [1.82, 2.24) is 0 Å². The highest BCUT2D eigenvalue weighted by Gasteiger charge is 2.11. The van der Waals surface area contributed by atoms with Crippen molar-refractivity contribution in [3.8, 4) is 11.5 Å². The van der Waals surface area contributed by atoms with Gasteiger partial charge in [0, 0.05) is 24.3 Å². The zero-order valence-corrected chi connectivity index (χ0v) is 13.7. The summed E-state index contributed by atoms with van der Waals surface area (Å²) in [4.78, 5) is 0. The van der Waals surface area contributed by atoms with Gasteiger partial charge in [-0.1, -0.05) is 19.6 Å². The van der Waals surface area contributed by atoms with E-state index in [9.17, 15) is 5.11 Å². The van der Waals surface area contributed by atoms with E-state index in [1.54, 1.807) is 12.1 Å². The Bertz CT molecular complexity index is 343. The van der Waals surface area contributed by atoms with E-state index >= 15 is 0 Å². The molecular formula is C12H19IO3Si. The van der Waals surface area contributed by atoms with E-state index in [-0.39, 0.29) is 12.5 Å². The maximum atomic E-state index is 9.38. The Morgan fingerprint density at radius 3 is 2.53 bits per heavy atom. The highest BCUT2D eigenvalue weighted by molar-refractivity contribution is 14.1. The van der Waals surface area contributed by atoms with Crippen LogP contribution in [-0.2, 0) is 4.74 Å². The molecule has 0 radical (unpaired) electrons. The van der Waals surface area contributed by atoms with Crippen LogP contribution in [0, 0.1) is 3.57 Å². The van der Waals surface area contributed by atoms with E-state index < -0.39 is 8.07 Å². The van der Waals surface area contributed by atoms with Crippen LogP contribution in [0.2, 0.25) is 25.7 Å². The van der Waals surface area contributed by atoms with E-state index in [4.69, 9.17) is 9.47 Å². The first-order valence-electron chi connectivity index (χ1n) is 5.57. The minimum Gasteiger partial charge on any atom is -0.508 e. The summed E-state index contributed by atoms with van der Waals surface area (Å²) in [5.74, 6) is 0.858. The molecule has 0 fully saturated rings. The number of hydrogen-bond acceptors (Lipinski definition) is 3. The van der Waals surface area contributed by atoms with Crippen LogP contribution in [-0.4, -0.2) is 26.6 Å². The molecule has 0 amide bonds. The predicted molar refractivity (Wildman–Crippen MR) is 80.4 cm³/mol. The molecule has 0 saturated carbocycles. The molecule has 0 atom stereocenters. The second kappa shape index (κ2) is 6.60. The molecule has 0 saturated heterocycles. The fourth-order valence-corrected chi connectivity index (χ4v) is 2.56. The van der Waals surface area contributed by atoms with Crippen LogP contribution in [0.25, 0.3) is 0 Å². The van der Waals surface area contributed by atoms with Crippen molar-refractivity contribution < 1.29 is 14.6 Å². The number of phenolic OH excluding ortho intramolecular Hbond substituents is 1. The summed E-state index contributed by atoms with van der Waals surface area (Å²) >= 11 is 2.13. The molecule has 96 valence electrons. The van der Waals surface area contributed by atoms with Crippen molar-refractivity contribution in [2.45, 2.75) is 25.7 Å². The molecule has 17 heavy (non-hydrogen) atoms. The number of phenols is 1. The average molecular weight is 366 g/mol. The molecule has 0 aliphatic rings. The molecule has 1 N–H and O–H groups in total. The monoisotopic (exact) mass is 366 g/mol. The van der Waals surface area contributed by atoms with Gasteiger partial charge in [-0.05, 0) is 40.8 Å². The van der Waals surface area contributed by atoms with Crippen molar-refractivity contribution in [2.24, 2.45) is 0 Å². The third kappa shape index (κ3) is 6.90. The van der Waals surface area contributed by atoms with Gasteiger partial charge in [-0.25, -0.2) is 0 Å². The Kier molecular flexibility index (Phi) is 5.74. The largest absolute Gasteiger partial charge is 0.508 e. The Hall–Kier alpha value is -0.273. The molecular weight excluding hydrogens is 347 g/mol. The number of hydrogen-bond donors (Lipinski definition) is 1. The topological polar surface area (TPSA) is 38.7 Å². The zero-order chi connectivity index (χ0) is 12.9. The summed E-state index contributed by atoms with van der Waals surface area (Å²) < 4.78 is 11.8. The van der Waals surface area contributed by atoms with Gasteiger partial charge in [0.25, 0.3) is 0 Å². The number of benzene rings is 1. The second-order valence-electron chi connectivity index (χ2n) is 5.13. The van der Waals surface area contributed by atoms with Gasteiger partial charge in [0.1, 0.15) is 11.5 Å². The fourth-order valence-electron chi connectivity index (χ4n) is 1.18. The van der Waals surface area contributed by atoms with E-state index in [0.29, 0.717) is 5.75 Å². The lowest BCUT2D eigenvalue weighted by Gasteiger charge is -2.15. The first-order valence-corrected chi connectivity index (χ1v) is 10.4. The number of ether oxygens (including phenoxy) is 2. The first-order chi connectivity index (χ1) is 7.87. The van der Waals surface area contributed by atoms with Crippen LogP contribution in [0.15, 0.2) is 18.2 Å².